The Balaban J connectivity index is 1.02. The molecule has 4 aliphatic rings. The van der Waals surface area contributed by atoms with Gasteiger partial charge in [0.1, 0.15) is 6.61 Å². The van der Waals surface area contributed by atoms with Crippen LogP contribution in [0.5, 0.6) is 0 Å². The molecular formula is C35H25NO5. The second kappa shape index (κ2) is 8.58. The number of ether oxygens (including phenoxy) is 1. The van der Waals surface area contributed by atoms with Crippen molar-refractivity contribution < 1.29 is 23.9 Å². The number of fused-ring (bicyclic) bond motifs is 7. The van der Waals surface area contributed by atoms with Crippen molar-refractivity contribution in [3.05, 3.63) is 142 Å². The molecule has 6 nitrogen and oxygen atoms in total. The van der Waals surface area contributed by atoms with Crippen LogP contribution in [0, 0.1) is 11.8 Å². The molecule has 5 atom stereocenters. The first-order chi connectivity index (χ1) is 20.0. The summed E-state index contributed by atoms with van der Waals surface area (Å²) in [6.45, 7) is -0.155. The quantitative estimate of drug-likeness (QED) is 0.198. The van der Waals surface area contributed by atoms with E-state index in [0.717, 1.165) is 11.1 Å². The fourth-order valence-corrected chi connectivity index (χ4v) is 8.19. The highest BCUT2D eigenvalue weighted by molar-refractivity contribution is 6.14. The van der Waals surface area contributed by atoms with Gasteiger partial charge in [0.2, 0.25) is 11.8 Å². The van der Waals surface area contributed by atoms with E-state index >= 15 is 0 Å². The Labute approximate surface area is 236 Å². The molecule has 0 radical (unpaired) electrons. The summed E-state index contributed by atoms with van der Waals surface area (Å²) < 4.78 is 5.53. The molecular weight excluding hydrogens is 514 g/mol. The van der Waals surface area contributed by atoms with E-state index in [4.69, 9.17) is 4.74 Å². The normalized spacial score (nSPS) is 26.1. The van der Waals surface area contributed by atoms with Gasteiger partial charge >= 0.3 is 5.97 Å². The lowest BCUT2D eigenvalue weighted by atomic mass is 9.43. The van der Waals surface area contributed by atoms with Gasteiger partial charge in [-0.3, -0.25) is 19.3 Å². The van der Waals surface area contributed by atoms with Crippen molar-refractivity contribution >= 4 is 23.6 Å². The van der Waals surface area contributed by atoms with Crippen molar-refractivity contribution in [3.8, 4) is 0 Å². The van der Waals surface area contributed by atoms with Gasteiger partial charge in [-0.1, -0.05) is 97.1 Å². The van der Waals surface area contributed by atoms with Crippen molar-refractivity contribution in [2.45, 2.75) is 17.3 Å². The molecule has 1 spiro atoms. The van der Waals surface area contributed by atoms with Crippen LogP contribution in [-0.4, -0.2) is 41.6 Å². The third-order valence-corrected chi connectivity index (χ3v) is 9.65. The molecule has 2 fully saturated rings. The number of imide groups is 1. The molecule has 41 heavy (non-hydrogen) atoms. The second-order valence-electron chi connectivity index (χ2n) is 11.3. The average molecular weight is 540 g/mol. The van der Waals surface area contributed by atoms with Gasteiger partial charge in [0.15, 0.2) is 5.78 Å². The number of hydrogen-bond acceptors (Lipinski definition) is 5. The number of likely N-dealkylation sites (tertiary alicyclic amines) is 1. The second-order valence-corrected chi connectivity index (χ2v) is 11.3. The molecule has 200 valence electrons. The Kier molecular flexibility index (Phi) is 5.02. The molecule has 1 heterocycles. The predicted octanol–water partition coefficient (Wildman–Crippen LogP) is 4.87. The Hall–Kier alpha value is -4.84. The molecule has 0 aromatic heterocycles. The number of carbonyl (C=O) groups excluding carboxylic acids is 4. The van der Waals surface area contributed by atoms with Gasteiger partial charge in [0.25, 0.3) is 0 Å². The number of benzene rings is 4. The molecule has 4 aromatic carbocycles. The maximum Gasteiger partial charge on any atom is 0.338 e. The summed E-state index contributed by atoms with van der Waals surface area (Å²) in [6.07, 6.45) is 0. The van der Waals surface area contributed by atoms with Gasteiger partial charge < -0.3 is 4.74 Å². The Bertz CT molecular complexity index is 1720. The van der Waals surface area contributed by atoms with Crippen LogP contribution >= 0.6 is 0 Å². The zero-order valence-electron chi connectivity index (χ0n) is 22.0. The van der Waals surface area contributed by atoms with E-state index in [-0.39, 0.29) is 59.1 Å². The largest absolute Gasteiger partial charge is 0.460 e. The van der Waals surface area contributed by atoms with Gasteiger partial charge in [-0.15, -0.1) is 0 Å². The monoisotopic (exact) mass is 539 g/mol. The van der Waals surface area contributed by atoms with E-state index in [2.05, 4.69) is 24.3 Å². The topological polar surface area (TPSA) is 80.8 Å². The van der Waals surface area contributed by atoms with E-state index in [1.807, 2.05) is 30.3 Å². The van der Waals surface area contributed by atoms with Crippen molar-refractivity contribution in [2.24, 2.45) is 11.8 Å². The SMILES string of the molecule is O=C(OCCN1C(=O)[C@@H]2[C@H](C1=O)[C@H]1c3ccccc3C13c1ccccc1[C@@H]23)c1ccccc1C(=O)c1ccccc1. The molecule has 0 bridgehead atoms. The van der Waals surface area contributed by atoms with Gasteiger partial charge in [-0.2, -0.15) is 0 Å². The lowest BCUT2D eigenvalue weighted by Gasteiger charge is -2.59. The van der Waals surface area contributed by atoms with Crippen LogP contribution < -0.4 is 0 Å². The van der Waals surface area contributed by atoms with Crippen molar-refractivity contribution in [1.29, 1.82) is 0 Å². The van der Waals surface area contributed by atoms with E-state index < -0.39 is 17.8 Å². The van der Waals surface area contributed by atoms with Crippen LogP contribution in [0.25, 0.3) is 0 Å². The smallest absolute Gasteiger partial charge is 0.338 e. The molecule has 1 unspecified atom stereocenters. The first-order valence-electron chi connectivity index (χ1n) is 13.9. The zero-order valence-corrected chi connectivity index (χ0v) is 22.0. The van der Waals surface area contributed by atoms with E-state index in [9.17, 15) is 19.2 Å². The summed E-state index contributed by atoms with van der Waals surface area (Å²) in [5.74, 6) is -2.20. The lowest BCUT2D eigenvalue weighted by molar-refractivity contribution is -0.141. The highest BCUT2D eigenvalue weighted by atomic mass is 16.5. The molecule has 6 heteroatoms. The van der Waals surface area contributed by atoms with Crippen LogP contribution in [0.4, 0.5) is 0 Å². The molecule has 1 saturated heterocycles. The van der Waals surface area contributed by atoms with Crippen molar-refractivity contribution in [2.75, 3.05) is 13.2 Å². The molecule has 1 aliphatic heterocycles. The van der Waals surface area contributed by atoms with Crippen molar-refractivity contribution in [3.63, 3.8) is 0 Å². The van der Waals surface area contributed by atoms with Gasteiger partial charge in [-0.05, 0) is 28.3 Å². The first kappa shape index (κ1) is 24.0. The molecule has 1 saturated carbocycles. The number of carbonyl (C=O) groups is 4. The number of nitrogens with zero attached hydrogens (tertiary/aromatic N) is 1. The summed E-state index contributed by atoms with van der Waals surface area (Å²) in [5.41, 5.74) is 5.41. The number of esters is 1. The standard InChI is InChI=1S/C35H25NO5/c37-31(20-10-2-1-3-11-20)21-12-4-5-13-22(21)34(40)41-19-18-36-32(38)27-28(33(36)39)30-24-15-7-9-17-26(24)35(30)25-16-8-6-14-23(25)29(27)35/h1-17,27-30H,18-19H2/t27-,28+,29+,30-,35?. The highest BCUT2D eigenvalue weighted by Crippen LogP contribution is 2.80. The molecule has 0 N–H and O–H groups in total. The van der Waals surface area contributed by atoms with E-state index in [0.29, 0.717) is 5.56 Å². The number of ketones is 1. The van der Waals surface area contributed by atoms with E-state index in [1.54, 1.807) is 48.5 Å². The number of amides is 2. The number of hydrogen-bond donors (Lipinski definition) is 0. The minimum absolute atomic E-state index is 0.0130. The van der Waals surface area contributed by atoms with Gasteiger partial charge in [0, 0.05) is 28.4 Å². The summed E-state index contributed by atoms with van der Waals surface area (Å²) in [7, 11) is 0. The molecule has 3 aliphatic carbocycles. The fraction of sp³-hybridized carbons (Fsp3) is 0.200. The summed E-state index contributed by atoms with van der Waals surface area (Å²) in [6, 6.07) is 31.8. The minimum Gasteiger partial charge on any atom is -0.460 e. The van der Waals surface area contributed by atoms with Crippen LogP contribution in [0.15, 0.2) is 103 Å². The lowest BCUT2D eigenvalue weighted by Crippen LogP contribution is -2.55. The van der Waals surface area contributed by atoms with Crippen LogP contribution in [0.1, 0.15) is 60.4 Å². The summed E-state index contributed by atoms with van der Waals surface area (Å²) in [4.78, 5) is 55.0. The highest BCUT2D eigenvalue weighted by Gasteiger charge is 2.78. The maximum absolute atomic E-state index is 13.8. The Morgan fingerprint density at radius 1 is 0.659 bits per heavy atom. The third-order valence-electron chi connectivity index (χ3n) is 9.65. The zero-order chi connectivity index (χ0) is 27.9. The molecule has 8 rings (SSSR count). The number of rotatable bonds is 6. The predicted molar refractivity (Wildman–Crippen MR) is 149 cm³/mol. The summed E-state index contributed by atoms with van der Waals surface area (Å²) >= 11 is 0. The Morgan fingerprint density at radius 2 is 1.17 bits per heavy atom. The maximum atomic E-state index is 13.8. The van der Waals surface area contributed by atoms with Gasteiger partial charge in [-0.25, -0.2) is 4.79 Å². The molecule has 4 aromatic rings. The fourth-order valence-electron chi connectivity index (χ4n) is 8.19. The Morgan fingerprint density at radius 3 is 1.78 bits per heavy atom. The molecule has 2 amide bonds. The van der Waals surface area contributed by atoms with E-state index in [1.165, 1.54) is 16.0 Å². The average Bonchev–Trinajstić information content (AvgIpc) is 3.37. The van der Waals surface area contributed by atoms with Crippen LogP contribution in [0.2, 0.25) is 0 Å². The minimum atomic E-state index is -0.663. The first-order valence-corrected chi connectivity index (χ1v) is 13.9. The van der Waals surface area contributed by atoms with Crippen LogP contribution in [-0.2, 0) is 19.7 Å². The van der Waals surface area contributed by atoms with Crippen molar-refractivity contribution in [1.82, 2.24) is 4.90 Å². The third kappa shape index (κ3) is 2.97. The van der Waals surface area contributed by atoms with Gasteiger partial charge in [0.05, 0.1) is 23.9 Å². The van der Waals surface area contributed by atoms with Crippen LogP contribution in [0.3, 0.4) is 0 Å². The summed E-state index contributed by atoms with van der Waals surface area (Å²) in [5, 5.41) is 0.